The number of guanidine groups is 1. The van der Waals surface area contributed by atoms with Crippen LogP contribution < -0.4 is 15.4 Å². The fourth-order valence-corrected chi connectivity index (χ4v) is 3.44. The molecular weight excluding hydrogens is 328 g/mol. The second-order valence-electron chi connectivity index (χ2n) is 6.58. The number of rotatable bonds is 9. The summed E-state index contributed by atoms with van der Waals surface area (Å²) in [4.78, 5) is 6.90. The van der Waals surface area contributed by atoms with Crippen LogP contribution >= 0.6 is 0 Å². The van der Waals surface area contributed by atoms with Gasteiger partial charge in [0.05, 0.1) is 13.2 Å². The second-order valence-corrected chi connectivity index (χ2v) is 6.58. The molecule has 1 aliphatic heterocycles. The van der Waals surface area contributed by atoms with Gasteiger partial charge in [-0.3, -0.25) is 9.89 Å². The van der Waals surface area contributed by atoms with Crippen LogP contribution in [0.1, 0.15) is 37.3 Å². The maximum absolute atomic E-state index is 5.63. The SMILES string of the molecule is CN=C(NCCCOC)NCC(c1ccccc1OC)N1CCCCC1. The van der Waals surface area contributed by atoms with Crippen molar-refractivity contribution < 1.29 is 9.47 Å². The highest BCUT2D eigenvalue weighted by Crippen LogP contribution is 2.30. The summed E-state index contributed by atoms with van der Waals surface area (Å²) in [6.45, 7) is 4.65. The predicted octanol–water partition coefficient (Wildman–Crippen LogP) is 2.42. The summed E-state index contributed by atoms with van der Waals surface area (Å²) in [6, 6.07) is 8.61. The van der Waals surface area contributed by atoms with Gasteiger partial charge < -0.3 is 20.1 Å². The minimum Gasteiger partial charge on any atom is -0.496 e. The average molecular weight is 363 g/mol. The van der Waals surface area contributed by atoms with E-state index in [9.17, 15) is 0 Å². The van der Waals surface area contributed by atoms with E-state index in [1.165, 1.54) is 24.8 Å². The van der Waals surface area contributed by atoms with Crippen molar-refractivity contribution >= 4 is 5.96 Å². The molecule has 2 N–H and O–H groups in total. The van der Waals surface area contributed by atoms with Gasteiger partial charge in [0.2, 0.25) is 0 Å². The van der Waals surface area contributed by atoms with E-state index in [-0.39, 0.29) is 6.04 Å². The molecule has 0 saturated carbocycles. The zero-order valence-electron chi connectivity index (χ0n) is 16.5. The Kier molecular flexibility index (Phi) is 9.28. The van der Waals surface area contributed by atoms with Gasteiger partial charge in [-0.05, 0) is 38.4 Å². The van der Waals surface area contributed by atoms with Crippen LogP contribution in [0.2, 0.25) is 0 Å². The molecule has 6 heteroatoms. The Morgan fingerprint density at radius 3 is 2.62 bits per heavy atom. The molecule has 2 rings (SSSR count). The number of benzene rings is 1. The third-order valence-electron chi connectivity index (χ3n) is 4.83. The number of para-hydroxylation sites is 1. The fraction of sp³-hybridized carbons (Fsp3) is 0.650. The van der Waals surface area contributed by atoms with Gasteiger partial charge in [-0.1, -0.05) is 24.6 Å². The summed E-state index contributed by atoms with van der Waals surface area (Å²) in [5.41, 5.74) is 1.24. The van der Waals surface area contributed by atoms with E-state index < -0.39 is 0 Å². The fourth-order valence-electron chi connectivity index (χ4n) is 3.44. The Morgan fingerprint density at radius 2 is 1.92 bits per heavy atom. The van der Waals surface area contributed by atoms with E-state index in [2.05, 4.69) is 32.7 Å². The highest BCUT2D eigenvalue weighted by atomic mass is 16.5. The largest absolute Gasteiger partial charge is 0.496 e. The van der Waals surface area contributed by atoms with Crippen molar-refractivity contribution in [2.45, 2.75) is 31.7 Å². The molecule has 0 spiro atoms. The van der Waals surface area contributed by atoms with Crippen LogP contribution in [-0.4, -0.2) is 64.9 Å². The first-order valence-electron chi connectivity index (χ1n) is 9.60. The summed E-state index contributed by atoms with van der Waals surface area (Å²) < 4.78 is 10.7. The Morgan fingerprint density at radius 1 is 1.15 bits per heavy atom. The lowest BCUT2D eigenvalue weighted by molar-refractivity contribution is 0.161. The first-order valence-corrected chi connectivity index (χ1v) is 9.60. The Balaban J connectivity index is 2.04. The van der Waals surface area contributed by atoms with Gasteiger partial charge in [0.15, 0.2) is 5.96 Å². The lowest BCUT2D eigenvalue weighted by atomic mass is 10.0. The Hall–Kier alpha value is -1.79. The minimum atomic E-state index is 0.268. The molecule has 0 radical (unpaired) electrons. The molecule has 0 aliphatic carbocycles. The van der Waals surface area contributed by atoms with E-state index in [0.717, 1.165) is 50.9 Å². The van der Waals surface area contributed by atoms with Crippen LogP contribution in [0.25, 0.3) is 0 Å². The molecule has 0 bridgehead atoms. The maximum atomic E-state index is 5.63. The number of hydrogen-bond donors (Lipinski definition) is 2. The standard InChI is InChI=1S/C20H34N4O2/c1-21-20(22-12-9-15-25-2)23-16-18(24-13-7-4-8-14-24)17-10-5-6-11-19(17)26-3/h5-6,10-11,18H,4,7-9,12-16H2,1-3H3,(H2,21,22,23). The van der Waals surface area contributed by atoms with E-state index >= 15 is 0 Å². The zero-order valence-corrected chi connectivity index (χ0v) is 16.5. The molecule has 6 nitrogen and oxygen atoms in total. The number of aliphatic imine (C=N–C) groups is 1. The first-order chi connectivity index (χ1) is 12.8. The molecule has 1 atom stereocenters. The van der Waals surface area contributed by atoms with Crippen LogP contribution in [-0.2, 0) is 4.74 Å². The highest BCUT2D eigenvalue weighted by molar-refractivity contribution is 5.79. The predicted molar refractivity (Wildman–Crippen MR) is 107 cm³/mol. The topological polar surface area (TPSA) is 58.1 Å². The molecule has 1 unspecified atom stereocenters. The lowest BCUT2D eigenvalue weighted by Gasteiger charge is -2.35. The van der Waals surface area contributed by atoms with Crippen molar-refractivity contribution in [1.82, 2.24) is 15.5 Å². The van der Waals surface area contributed by atoms with Gasteiger partial charge >= 0.3 is 0 Å². The summed E-state index contributed by atoms with van der Waals surface area (Å²) in [5.74, 6) is 1.78. The monoisotopic (exact) mass is 362 g/mol. The van der Waals surface area contributed by atoms with E-state index in [1.807, 2.05) is 19.2 Å². The zero-order chi connectivity index (χ0) is 18.6. The van der Waals surface area contributed by atoms with Crippen LogP contribution in [0.3, 0.4) is 0 Å². The maximum Gasteiger partial charge on any atom is 0.191 e. The molecule has 1 aromatic carbocycles. The van der Waals surface area contributed by atoms with Crippen molar-refractivity contribution in [3.05, 3.63) is 29.8 Å². The number of nitrogens with zero attached hydrogens (tertiary/aromatic N) is 2. The molecule has 1 heterocycles. The van der Waals surface area contributed by atoms with Gasteiger partial charge in [0, 0.05) is 39.4 Å². The van der Waals surface area contributed by atoms with Crippen LogP contribution in [0.15, 0.2) is 29.3 Å². The first kappa shape index (κ1) is 20.5. The van der Waals surface area contributed by atoms with E-state index in [1.54, 1.807) is 14.2 Å². The number of nitrogens with one attached hydrogen (secondary N) is 2. The number of methoxy groups -OCH3 is 2. The van der Waals surface area contributed by atoms with Crippen LogP contribution in [0, 0.1) is 0 Å². The lowest BCUT2D eigenvalue weighted by Crippen LogP contribution is -2.44. The Bertz CT molecular complexity index is 544. The van der Waals surface area contributed by atoms with Gasteiger partial charge in [0.25, 0.3) is 0 Å². The minimum absolute atomic E-state index is 0.268. The molecular formula is C20H34N4O2. The van der Waals surface area contributed by atoms with Crippen molar-refractivity contribution in [3.63, 3.8) is 0 Å². The number of hydrogen-bond acceptors (Lipinski definition) is 4. The molecule has 1 aromatic rings. The van der Waals surface area contributed by atoms with Crippen LogP contribution in [0.4, 0.5) is 0 Å². The Labute approximate surface area is 158 Å². The molecule has 0 aromatic heterocycles. The van der Waals surface area contributed by atoms with E-state index in [4.69, 9.17) is 9.47 Å². The van der Waals surface area contributed by atoms with Crippen molar-refractivity contribution in [2.24, 2.45) is 4.99 Å². The molecule has 1 fully saturated rings. The normalized spacial score (nSPS) is 17.0. The molecule has 1 saturated heterocycles. The van der Waals surface area contributed by atoms with E-state index in [0.29, 0.717) is 0 Å². The second kappa shape index (κ2) is 11.8. The summed E-state index contributed by atoms with van der Waals surface area (Å²) in [7, 11) is 5.28. The number of ether oxygens (including phenoxy) is 2. The molecule has 146 valence electrons. The smallest absolute Gasteiger partial charge is 0.191 e. The third-order valence-corrected chi connectivity index (χ3v) is 4.83. The van der Waals surface area contributed by atoms with Gasteiger partial charge in [0.1, 0.15) is 5.75 Å². The summed E-state index contributed by atoms with van der Waals surface area (Å²) in [6.07, 6.45) is 4.80. The summed E-state index contributed by atoms with van der Waals surface area (Å²) in [5, 5.41) is 6.85. The number of piperidine rings is 1. The van der Waals surface area contributed by atoms with Crippen LogP contribution in [0.5, 0.6) is 5.75 Å². The molecule has 0 amide bonds. The third kappa shape index (κ3) is 6.18. The van der Waals surface area contributed by atoms with Crippen molar-refractivity contribution in [2.75, 3.05) is 54.1 Å². The highest BCUT2D eigenvalue weighted by Gasteiger charge is 2.25. The van der Waals surface area contributed by atoms with Gasteiger partial charge in [-0.2, -0.15) is 0 Å². The molecule has 26 heavy (non-hydrogen) atoms. The van der Waals surface area contributed by atoms with Crippen molar-refractivity contribution in [3.8, 4) is 5.75 Å². The molecule has 1 aliphatic rings. The van der Waals surface area contributed by atoms with Crippen molar-refractivity contribution in [1.29, 1.82) is 0 Å². The van der Waals surface area contributed by atoms with Gasteiger partial charge in [-0.25, -0.2) is 0 Å². The average Bonchev–Trinajstić information content (AvgIpc) is 2.70. The number of likely N-dealkylation sites (tertiary alicyclic amines) is 1. The quantitative estimate of drug-likeness (QED) is 0.401. The summed E-state index contributed by atoms with van der Waals surface area (Å²) >= 11 is 0. The van der Waals surface area contributed by atoms with Gasteiger partial charge in [-0.15, -0.1) is 0 Å².